The highest BCUT2D eigenvalue weighted by Gasteiger charge is 2.18. The number of pyridine rings is 1. The highest BCUT2D eigenvalue weighted by atomic mass is 79.9. The lowest BCUT2D eigenvalue weighted by Crippen LogP contribution is -2.09. The molecule has 0 amide bonds. The van der Waals surface area contributed by atoms with Gasteiger partial charge in [0.25, 0.3) is 5.56 Å². The molecule has 3 aromatic heterocycles. The number of nitrogens with zero attached hydrogens (tertiary/aromatic N) is 2. The molecule has 0 saturated carbocycles. The maximum atomic E-state index is 12.8. The van der Waals surface area contributed by atoms with Gasteiger partial charge in [0.1, 0.15) is 10.5 Å². The van der Waals surface area contributed by atoms with Crippen LogP contribution >= 0.6 is 27.3 Å². The van der Waals surface area contributed by atoms with E-state index in [2.05, 4.69) is 37.8 Å². The van der Waals surface area contributed by atoms with Crippen molar-refractivity contribution in [1.82, 2.24) is 15.0 Å². The van der Waals surface area contributed by atoms with Gasteiger partial charge in [-0.2, -0.15) is 0 Å². The van der Waals surface area contributed by atoms with Gasteiger partial charge in [-0.3, -0.25) is 9.78 Å². The van der Waals surface area contributed by atoms with E-state index in [1.54, 1.807) is 17.5 Å². The van der Waals surface area contributed by atoms with E-state index in [9.17, 15) is 4.79 Å². The summed E-state index contributed by atoms with van der Waals surface area (Å²) in [6, 6.07) is 13.6. The minimum Gasteiger partial charge on any atom is -0.305 e. The number of hydrogen-bond acceptors (Lipinski definition) is 4. The number of H-pyrrole nitrogens is 1. The lowest BCUT2D eigenvalue weighted by molar-refractivity contribution is 1.15. The van der Waals surface area contributed by atoms with Gasteiger partial charge in [-0.15, -0.1) is 11.3 Å². The lowest BCUT2D eigenvalue weighted by atomic mass is 10.0. The van der Waals surface area contributed by atoms with Gasteiger partial charge >= 0.3 is 0 Å². The van der Waals surface area contributed by atoms with E-state index in [4.69, 9.17) is 0 Å². The van der Waals surface area contributed by atoms with Gasteiger partial charge in [-0.25, -0.2) is 4.98 Å². The number of aromatic amines is 1. The van der Waals surface area contributed by atoms with E-state index in [0.29, 0.717) is 16.9 Å². The first-order chi connectivity index (χ1) is 12.2. The summed E-state index contributed by atoms with van der Waals surface area (Å²) in [7, 11) is 0. The Balaban J connectivity index is 1.98. The van der Waals surface area contributed by atoms with E-state index in [1.807, 2.05) is 42.5 Å². The number of hydrogen-bond donors (Lipinski definition) is 1. The molecule has 4 nitrogen and oxygen atoms in total. The van der Waals surface area contributed by atoms with Gasteiger partial charge in [0.2, 0.25) is 0 Å². The Bertz CT molecular complexity index is 1100. The van der Waals surface area contributed by atoms with Crippen LogP contribution in [0.2, 0.25) is 0 Å². The second kappa shape index (κ2) is 6.54. The maximum Gasteiger partial charge on any atom is 0.260 e. The average molecular weight is 412 g/mol. The lowest BCUT2D eigenvalue weighted by Gasteiger charge is -2.04. The van der Waals surface area contributed by atoms with Gasteiger partial charge < -0.3 is 4.98 Å². The third kappa shape index (κ3) is 2.92. The first kappa shape index (κ1) is 16.2. The smallest absolute Gasteiger partial charge is 0.260 e. The number of benzene rings is 1. The third-order valence-corrected chi connectivity index (χ3v) is 5.75. The Hall–Kier alpha value is -2.31. The topological polar surface area (TPSA) is 58.6 Å². The molecule has 0 unspecified atom stereocenters. The van der Waals surface area contributed by atoms with Crippen molar-refractivity contribution in [3.63, 3.8) is 0 Å². The summed E-state index contributed by atoms with van der Waals surface area (Å²) < 4.78 is 1.01. The summed E-state index contributed by atoms with van der Waals surface area (Å²) in [5.74, 6) is 0.504. The predicted octanol–water partition coefficient (Wildman–Crippen LogP) is 5.04. The van der Waals surface area contributed by atoms with Crippen molar-refractivity contribution in [2.24, 2.45) is 0 Å². The Morgan fingerprint density at radius 2 is 1.96 bits per heavy atom. The number of thiophene rings is 1. The molecule has 1 aromatic carbocycles. The van der Waals surface area contributed by atoms with Crippen LogP contribution < -0.4 is 5.56 Å². The number of rotatable bonds is 3. The molecule has 0 atom stereocenters. The van der Waals surface area contributed by atoms with Crippen molar-refractivity contribution in [3.05, 3.63) is 68.4 Å². The van der Waals surface area contributed by atoms with E-state index >= 15 is 0 Å². The van der Waals surface area contributed by atoms with Crippen molar-refractivity contribution in [3.8, 4) is 22.6 Å². The molecule has 0 saturated heterocycles. The van der Waals surface area contributed by atoms with Crippen LogP contribution in [-0.2, 0) is 6.42 Å². The Morgan fingerprint density at radius 1 is 1.16 bits per heavy atom. The van der Waals surface area contributed by atoms with Crippen LogP contribution in [0.15, 0.2) is 57.9 Å². The molecule has 3 heterocycles. The maximum absolute atomic E-state index is 12.8. The summed E-state index contributed by atoms with van der Waals surface area (Å²) in [6.07, 6.45) is 2.55. The quantitative estimate of drug-likeness (QED) is 0.513. The molecule has 0 aliphatic heterocycles. The molecule has 0 spiro atoms. The molecule has 25 heavy (non-hydrogen) atoms. The second-order valence-electron chi connectivity index (χ2n) is 5.57. The summed E-state index contributed by atoms with van der Waals surface area (Å²) in [4.78, 5) is 26.6. The minimum atomic E-state index is -0.125. The molecule has 0 aliphatic carbocycles. The minimum absolute atomic E-state index is 0.125. The van der Waals surface area contributed by atoms with Crippen LogP contribution in [0, 0.1) is 0 Å². The normalized spacial score (nSPS) is 11.1. The van der Waals surface area contributed by atoms with Gasteiger partial charge in [0, 0.05) is 21.1 Å². The Kier molecular flexibility index (Phi) is 4.23. The van der Waals surface area contributed by atoms with Crippen LogP contribution in [-0.4, -0.2) is 15.0 Å². The van der Waals surface area contributed by atoms with Crippen LogP contribution in [0.3, 0.4) is 0 Å². The zero-order valence-corrected chi connectivity index (χ0v) is 15.8. The van der Waals surface area contributed by atoms with Crippen molar-refractivity contribution in [2.75, 3.05) is 0 Å². The van der Waals surface area contributed by atoms with Crippen molar-refractivity contribution < 1.29 is 0 Å². The van der Waals surface area contributed by atoms with Crippen LogP contribution in [0.1, 0.15) is 11.8 Å². The fourth-order valence-electron chi connectivity index (χ4n) is 2.85. The molecule has 6 heteroatoms. The van der Waals surface area contributed by atoms with E-state index < -0.39 is 0 Å². The van der Waals surface area contributed by atoms with E-state index in [1.165, 1.54) is 0 Å². The molecule has 1 N–H and O–H groups in total. The SMILES string of the molecule is CCc1sc2nc(-c3ccccn3)[nH]c(=O)c2c1-c1ccc(Br)cc1. The molecule has 4 aromatic rings. The zero-order valence-electron chi connectivity index (χ0n) is 13.4. The van der Waals surface area contributed by atoms with E-state index in [-0.39, 0.29) is 5.56 Å². The number of halogens is 1. The molecular formula is C19H14BrN3OS. The van der Waals surface area contributed by atoms with Gasteiger partial charge in [-0.05, 0) is 36.2 Å². The molecule has 0 radical (unpaired) electrons. The highest BCUT2D eigenvalue weighted by molar-refractivity contribution is 9.10. The Labute approximate surface area is 156 Å². The summed E-state index contributed by atoms with van der Waals surface area (Å²) in [6.45, 7) is 2.10. The van der Waals surface area contributed by atoms with Gasteiger partial charge in [0.15, 0.2) is 5.82 Å². The third-order valence-electron chi connectivity index (χ3n) is 4.00. The molecule has 4 rings (SSSR count). The first-order valence-electron chi connectivity index (χ1n) is 7.90. The average Bonchev–Trinajstić information content (AvgIpc) is 3.02. The largest absolute Gasteiger partial charge is 0.305 e. The number of nitrogens with one attached hydrogen (secondary N) is 1. The molecule has 0 bridgehead atoms. The summed E-state index contributed by atoms with van der Waals surface area (Å²) in [5.41, 5.74) is 2.55. The van der Waals surface area contributed by atoms with Crippen molar-refractivity contribution in [2.45, 2.75) is 13.3 Å². The Morgan fingerprint density at radius 3 is 2.64 bits per heavy atom. The van der Waals surface area contributed by atoms with Gasteiger partial charge in [-0.1, -0.05) is 41.1 Å². The fourth-order valence-corrected chi connectivity index (χ4v) is 4.25. The monoisotopic (exact) mass is 411 g/mol. The first-order valence-corrected chi connectivity index (χ1v) is 9.51. The highest BCUT2D eigenvalue weighted by Crippen LogP contribution is 2.37. The van der Waals surface area contributed by atoms with Crippen molar-refractivity contribution in [1.29, 1.82) is 0 Å². The number of aryl methyl sites for hydroxylation is 1. The molecule has 0 fully saturated rings. The molecule has 124 valence electrons. The fraction of sp³-hybridized carbons (Fsp3) is 0.105. The summed E-state index contributed by atoms with van der Waals surface area (Å²) in [5, 5.41) is 0.656. The van der Waals surface area contributed by atoms with Gasteiger partial charge in [0.05, 0.1) is 5.39 Å². The van der Waals surface area contributed by atoms with Crippen LogP contribution in [0.4, 0.5) is 0 Å². The van der Waals surface area contributed by atoms with Crippen molar-refractivity contribution >= 4 is 37.5 Å². The predicted molar refractivity (Wildman–Crippen MR) is 106 cm³/mol. The zero-order chi connectivity index (χ0) is 17.4. The molecule has 0 aliphatic rings. The van der Waals surface area contributed by atoms with Crippen LogP contribution in [0.5, 0.6) is 0 Å². The second-order valence-corrected chi connectivity index (χ2v) is 7.57. The molecular weight excluding hydrogens is 398 g/mol. The number of fused-ring (bicyclic) bond motifs is 1. The summed E-state index contributed by atoms with van der Waals surface area (Å²) >= 11 is 5.03. The van der Waals surface area contributed by atoms with Crippen LogP contribution in [0.25, 0.3) is 32.9 Å². The van der Waals surface area contributed by atoms with E-state index in [0.717, 1.165) is 31.7 Å². The standard InChI is InChI=1S/C19H14BrN3OS/c1-2-14-15(11-6-8-12(20)9-7-11)16-18(24)22-17(23-19(16)25-14)13-5-3-4-10-21-13/h3-10H,2H2,1H3,(H,22,23,24). The number of aromatic nitrogens is 3.